The van der Waals surface area contributed by atoms with Gasteiger partial charge in [-0.15, -0.1) is 11.3 Å². The molecule has 3 aromatic carbocycles. The molecule has 5 nitrogen and oxygen atoms in total. The molecule has 0 bridgehead atoms. The maximum absolute atomic E-state index is 13.9. The first kappa shape index (κ1) is 24.3. The van der Waals surface area contributed by atoms with Gasteiger partial charge in [0.15, 0.2) is 5.78 Å². The molecule has 1 aliphatic rings. The number of methoxy groups -OCH3 is 2. The quantitative estimate of drug-likeness (QED) is 0.272. The molecule has 1 fully saturated rings. The largest absolute Gasteiger partial charge is 0.497 e. The Morgan fingerprint density at radius 3 is 2.33 bits per heavy atom. The van der Waals surface area contributed by atoms with E-state index in [1.165, 1.54) is 0 Å². The van der Waals surface area contributed by atoms with Crippen molar-refractivity contribution in [2.75, 3.05) is 20.8 Å². The van der Waals surface area contributed by atoms with Crippen molar-refractivity contribution < 1.29 is 19.0 Å². The zero-order chi connectivity index (χ0) is 25.1. The van der Waals surface area contributed by atoms with Crippen molar-refractivity contribution in [3.8, 4) is 27.7 Å². The van der Waals surface area contributed by atoms with Crippen LogP contribution in [0.5, 0.6) is 17.2 Å². The van der Waals surface area contributed by atoms with E-state index in [0.29, 0.717) is 17.2 Å². The highest BCUT2D eigenvalue weighted by Gasteiger charge is 2.25. The highest BCUT2D eigenvalue weighted by molar-refractivity contribution is 7.22. The van der Waals surface area contributed by atoms with E-state index < -0.39 is 0 Å². The number of thiophene rings is 1. The summed E-state index contributed by atoms with van der Waals surface area (Å²) in [5, 5.41) is 4.47. The zero-order valence-corrected chi connectivity index (χ0v) is 21.7. The van der Waals surface area contributed by atoms with E-state index in [0.717, 1.165) is 63.6 Å². The van der Waals surface area contributed by atoms with Gasteiger partial charge in [-0.1, -0.05) is 6.92 Å². The number of nitrogens with one attached hydrogen (secondary N) is 1. The molecule has 0 aliphatic carbocycles. The van der Waals surface area contributed by atoms with Crippen LogP contribution >= 0.6 is 11.3 Å². The molecule has 2 unspecified atom stereocenters. The van der Waals surface area contributed by atoms with Gasteiger partial charge in [-0.25, -0.2) is 0 Å². The third-order valence-corrected chi connectivity index (χ3v) is 8.04. The van der Waals surface area contributed by atoms with Crippen LogP contribution < -0.4 is 19.5 Å². The van der Waals surface area contributed by atoms with Gasteiger partial charge >= 0.3 is 0 Å². The first-order valence-corrected chi connectivity index (χ1v) is 13.2. The van der Waals surface area contributed by atoms with E-state index in [1.807, 2.05) is 66.7 Å². The monoisotopic (exact) mass is 501 g/mol. The predicted molar refractivity (Wildman–Crippen MR) is 146 cm³/mol. The van der Waals surface area contributed by atoms with Crippen molar-refractivity contribution in [3.63, 3.8) is 0 Å². The van der Waals surface area contributed by atoms with Gasteiger partial charge < -0.3 is 19.5 Å². The number of carbonyl (C=O) groups is 1. The lowest BCUT2D eigenvalue weighted by molar-refractivity contribution is 0.104. The molecule has 1 N–H and O–H groups in total. The Morgan fingerprint density at radius 1 is 0.944 bits per heavy atom. The minimum Gasteiger partial charge on any atom is -0.497 e. The van der Waals surface area contributed by atoms with Crippen LogP contribution in [0.4, 0.5) is 0 Å². The fraction of sp³-hybridized carbons (Fsp3) is 0.300. The minimum atomic E-state index is -0.00504. The predicted octanol–water partition coefficient (Wildman–Crippen LogP) is 6.73. The molecule has 1 aliphatic heterocycles. The number of fused-ring (bicyclic) bond motifs is 1. The van der Waals surface area contributed by atoms with Crippen molar-refractivity contribution >= 4 is 27.2 Å². The lowest BCUT2D eigenvalue weighted by Gasteiger charge is -2.32. The van der Waals surface area contributed by atoms with Gasteiger partial charge in [-0.2, -0.15) is 0 Å². The van der Waals surface area contributed by atoms with Gasteiger partial charge in [-0.3, -0.25) is 4.79 Å². The molecule has 0 amide bonds. The maximum atomic E-state index is 13.9. The van der Waals surface area contributed by atoms with E-state index >= 15 is 0 Å². The summed E-state index contributed by atoms with van der Waals surface area (Å²) in [4.78, 5) is 14.8. The smallest absolute Gasteiger partial charge is 0.195 e. The Bertz CT molecular complexity index is 1340. The molecule has 6 heteroatoms. The van der Waals surface area contributed by atoms with Crippen molar-refractivity contribution in [2.45, 2.75) is 38.3 Å². The number of carbonyl (C=O) groups excluding carboxylic acids is 1. The van der Waals surface area contributed by atoms with Crippen molar-refractivity contribution in [1.29, 1.82) is 0 Å². The molecule has 186 valence electrons. The summed E-state index contributed by atoms with van der Waals surface area (Å²) in [7, 11) is 3.30. The average Bonchev–Trinajstić information content (AvgIpc) is 3.32. The Balaban J connectivity index is 1.49. The zero-order valence-electron chi connectivity index (χ0n) is 20.9. The minimum absolute atomic E-state index is 0.00504. The Labute approximate surface area is 216 Å². The fourth-order valence-corrected chi connectivity index (χ4v) is 6.08. The highest BCUT2D eigenvalue weighted by Crippen LogP contribution is 2.41. The molecule has 0 radical (unpaired) electrons. The molecule has 1 saturated heterocycles. The Morgan fingerprint density at radius 2 is 1.64 bits per heavy atom. The molecule has 1 aromatic heterocycles. The molecule has 4 aromatic rings. The van der Waals surface area contributed by atoms with Gasteiger partial charge in [0.25, 0.3) is 0 Å². The van der Waals surface area contributed by atoms with Crippen LogP contribution in [-0.4, -0.2) is 38.7 Å². The number of hydrogen-bond acceptors (Lipinski definition) is 6. The van der Waals surface area contributed by atoms with Gasteiger partial charge in [-0.05, 0) is 98.1 Å². The van der Waals surface area contributed by atoms with Gasteiger partial charge in [0, 0.05) is 32.1 Å². The van der Waals surface area contributed by atoms with Gasteiger partial charge in [0.2, 0.25) is 0 Å². The molecular formula is C30H31NO4S. The van der Waals surface area contributed by atoms with Crippen LogP contribution in [0, 0.1) is 0 Å². The number of piperidine rings is 1. The van der Waals surface area contributed by atoms with Gasteiger partial charge in [0.1, 0.15) is 23.4 Å². The second-order valence-corrected chi connectivity index (χ2v) is 10.1. The highest BCUT2D eigenvalue weighted by atomic mass is 32.1. The lowest BCUT2D eigenvalue weighted by atomic mass is 9.97. The average molecular weight is 502 g/mol. The summed E-state index contributed by atoms with van der Waals surface area (Å²) in [6, 6.07) is 21.6. The summed E-state index contributed by atoms with van der Waals surface area (Å²) >= 11 is 1.60. The molecule has 0 saturated carbocycles. The molecule has 36 heavy (non-hydrogen) atoms. The topological polar surface area (TPSA) is 56.8 Å². The molecule has 2 heterocycles. The lowest BCUT2D eigenvalue weighted by Crippen LogP contribution is -2.47. The number of benzene rings is 3. The number of ketones is 1. The number of ether oxygens (including phenoxy) is 3. The SMILES string of the molecule is CCC1NCCCC1Oc1ccc(C(=O)c2c(-c3ccc(OC)cc3)sc3cc(OC)ccc23)cc1. The summed E-state index contributed by atoms with van der Waals surface area (Å²) in [6.45, 7) is 3.23. The van der Waals surface area contributed by atoms with E-state index in [-0.39, 0.29) is 11.9 Å². The Kier molecular flexibility index (Phi) is 7.25. The standard InChI is InChI=1S/C30H31NO4S/c1-4-25-26(6-5-17-31-25)35-22-13-7-19(8-14-22)29(32)28-24-16-15-23(34-3)18-27(24)36-30(28)20-9-11-21(33-2)12-10-20/h7-16,18,25-26,31H,4-6,17H2,1-3H3. The first-order valence-electron chi connectivity index (χ1n) is 12.4. The van der Waals surface area contributed by atoms with Crippen LogP contribution in [0.25, 0.3) is 20.5 Å². The normalized spacial score (nSPS) is 17.6. The first-order chi connectivity index (χ1) is 17.6. The fourth-order valence-electron chi connectivity index (χ4n) is 4.85. The summed E-state index contributed by atoms with van der Waals surface area (Å²) < 4.78 is 18.1. The van der Waals surface area contributed by atoms with Crippen LogP contribution in [0.2, 0.25) is 0 Å². The third-order valence-electron chi connectivity index (χ3n) is 6.84. The van der Waals surface area contributed by atoms with E-state index in [9.17, 15) is 4.79 Å². The van der Waals surface area contributed by atoms with Crippen molar-refractivity contribution in [3.05, 3.63) is 77.9 Å². The molecule has 5 rings (SSSR count). The summed E-state index contributed by atoms with van der Waals surface area (Å²) in [6.07, 6.45) is 3.34. The van der Waals surface area contributed by atoms with E-state index in [4.69, 9.17) is 14.2 Å². The van der Waals surface area contributed by atoms with Crippen LogP contribution in [-0.2, 0) is 0 Å². The molecule has 2 atom stereocenters. The van der Waals surface area contributed by atoms with Gasteiger partial charge in [0.05, 0.1) is 14.2 Å². The van der Waals surface area contributed by atoms with E-state index in [2.05, 4.69) is 12.2 Å². The van der Waals surface area contributed by atoms with Crippen molar-refractivity contribution in [1.82, 2.24) is 5.32 Å². The van der Waals surface area contributed by atoms with E-state index in [1.54, 1.807) is 25.6 Å². The molecular weight excluding hydrogens is 470 g/mol. The number of rotatable bonds is 8. The Hall–Kier alpha value is -3.35. The second kappa shape index (κ2) is 10.7. The number of hydrogen-bond donors (Lipinski definition) is 1. The van der Waals surface area contributed by atoms with Crippen molar-refractivity contribution in [2.24, 2.45) is 0 Å². The van der Waals surface area contributed by atoms with Crippen LogP contribution in [0.15, 0.2) is 66.7 Å². The summed E-state index contributed by atoms with van der Waals surface area (Å²) in [5.41, 5.74) is 2.33. The van der Waals surface area contributed by atoms with Crippen LogP contribution in [0.1, 0.15) is 42.1 Å². The van der Waals surface area contributed by atoms with Crippen LogP contribution in [0.3, 0.4) is 0 Å². The second-order valence-electron chi connectivity index (χ2n) is 9.02. The maximum Gasteiger partial charge on any atom is 0.195 e. The third kappa shape index (κ3) is 4.84. The molecule has 0 spiro atoms. The summed E-state index contributed by atoms with van der Waals surface area (Å²) in [5.74, 6) is 2.35.